The van der Waals surface area contributed by atoms with Crippen molar-refractivity contribution in [2.45, 2.75) is 57.4 Å². The summed E-state index contributed by atoms with van der Waals surface area (Å²) in [5, 5.41) is 6.14. The van der Waals surface area contributed by atoms with Crippen LogP contribution in [0.4, 0.5) is 0 Å². The van der Waals surface area contributed by atoms with E-state index in [0.717, 1.165) is 31.6 Å². The second kappa shape index (κ2) is 5.07. The molecule has 17 heavy (non-hydrogen) atoms. The van der Waals surface area contributed by atoms with E-state index in [1.807, 2.05) is 0 Å². The normalized spacial score (nSPS) is 35.8. The summed E-state index contributed by atoms with van der Waals surface area (Å²) in [5.41, 5.74) is -0.364. The van der Waals surface area contributed by atoms with Crippen molar-refractivity contribution < 1.29 is 4.79 Å². The fraction of sp³-hybridized carbons (Fsp3) is 0.846. The van der Waals surface area contributed by atoms with E-state index in [4.69, 9.17) is 0 Å². The summed E-state index contributed by atoms with van der Waals surface area (Å²) in [6, 6.07) is 0. The van der Waals surface area contributed by atoms with E-state index in [1.54, 1.807) is 7.05 Å². The highest BCUT2D eigenvalue weighted by molar-refractivity contribution is 6.08. The van der Waals surface area contributed by atoms with Crippen LogP contribution in [-0.2, 0) is 4.79 Å². The van der Waals surface area contributed by atoms with Crippen molar-refractivity contribution >= 4 is 11.9 Å². The van der Waals surface area contributed by atoms with Crippen molar-refractivity contribution in [2.24, 2.45) is 10.9 Å². The zero-order valence-corrected chi connectivity index (χ0v) is 10.9. The van der Waals surface area contributed by atoms with E-state index in [0.29, 0.717) is 5.96 Å². The van der Waals surface area contributed by atoms with Gasteiger partial charge in [0.1, 0.15) is 5.54 Å². The van der Waals surface area contributed by atoms with Crippen LogP contribution in [0.25, 0.3) is 0 Å². The van der Waals surface area contributed by atoms with E-state index >= 15 is 0 Å². The van der Waals surface area contributed by atoms with Crippen LogP contribution in [0.15, 0.2) is 4.99 Å². The van der Waals surface area contributed by atoms with Gasteiger partial charge in [0.05, 0.1) is 0 Å². The third-order valence-electron chi connectivity index (χ3n) is 4.14. The van der Waals surface area contributed by atoms with E-state index in [1.165, 1.54) is 19.3 Å². The Morgan fingerprint density at radius 2 is 2.24 bits per heavy atom. The number of carbonyl (C=O) groups is 1. The van der Waals surface area contributed by atoms with Gasteiger partial charge in [-0.05, 0) is 25.2 Å². The summed E-state index contributed by atoms with van der Waals surface area (Å²) in [6.45, 7) is 2.24. The van der Waals surface area contributed by atoms with Crippen molar-refractivity contribution in [1.29, 1.82) is 0 Å². The average molecular weight is 237 g/mol. The largest absolute Gasteiger partial charge is 0.342 e. The Morgan fingerprint density at radius 3 is 2.88 bits per heavy atom. The van der Waals surface area contributed by atoms with Gasteiger partial charge in [-0.1, -0.05) is 32.6 Å². The molecule has 2 rings (SSSR count). The number of nitrogens with zero attached hydrogens (tertiary/aromatic N) is 1. The standard InChI is InChI=1S/C13H23N3O/c1-3-5-10-6-4-8-13(9-7-10)11(17)15-12(14-2)16-13/h10H,3-9H2,1-2H3,(H2,14,15,16,17). The van der Waals surface area contributed by atoms with E-state index in [2.05, 4.69) is 22.5 Å². The van der Waals surface area contributed by atoms with E-state index in [9.17, 15) is 4.79 Å². The highest BCUT2D eigenvalue weighted by atomic mass is 16.2. The van der Waals surface area contributed by atoms with Crippen LogP contribution in [0.2, 0.25) is 0 Å². The summed E-state index contributed by atoms with van der Waals surface area (Å²) in [4.78, 5) is 16.1. The molecule has 0 radical (unpaired) electrons. The summed E-state index contributed by atoms with van der Waals surface area (Å²) < 4.78 is 0. The topological polar surface area (TPSA) is 53.5 Å². The molecule has 96 valence electrons. The Hall–Kier alpha value is -1.06. The molecule has 1 saturated heterocycles. The Balaban J connectivity index is 2.05. The van der Waals surface area contributed by atoms with Gasteiger partial charge in [0.25, 0.3) is 5.91 Å². The summed E-state index contributed by atoms with van der Waals surface area (Å²) >= 11 is 0. The van der Waals surface area contributed by atoms with Gasteiger partial charge in [0, 0.05) is 7.05 Å². The van der Waals surface area contributed by atoms with Crippen LogP contribution in [0.3, 0.4) is 0 Å². The molecule has 1 aliphatic heterocycles. The van der Waals surface area contributed by atoms with Crippen LogP contribution < -0.4 is 10.6 Å². The Bertz CT molecular complexity index is 327. The monoisotopic (exact) mass is 237 g/mol. The second-order valence-electron chi connectivity index (χ2n) is 5.32. The Morgan fingerprint density at radius 1 is 1.41 bits per heavy atom. The number of nitrogens with one attached hydrogen (secondary N) is 2. The average Bonchev–Trinajstić information content (AvgIpc) is 2.50. The molecule has 0 aromatic heterocycles. The SMILES string of the molecule is CCCC1CCCC2(CC1)NC(=NC)NC2=O. The first kappa shape index (κ1) is 12.4. The Kier molecular flexibility index (Phi) is 3.69. The molecule has 1 aliphatic carbocycles. The minimum atomic E-state index is -0.364. The van der Waals surface area contributed by atoms with E-state index < -0.39 is 0 Å². The lowest BCUT2D eigenvalue weighted by Gasteiger charge is -2.24. The molecule has 1 heterocycles. The predicted molar refractivity (Wildman–Crippen MR) is 68.9 cm³/mol. The van der Waals surface area contributed by atoms with Gasteiger partial charge in [0.15, 0.2) is 5.96 Å². The Labute approximate surface area is 103 Å². The van der Waals surface area contributed by atoms with Crippen molar-refractivity contribution in [3.05, 3.63) is 0 Å². The van der Waals surface area contributed by atoms with Gasteiger partial charge in [-0.25, -0.2) is 0 Å². The molecule has 0 aromatic rings. The number of rotatable bonds is 2. The molecule has 4 heteroatoms. The van der Waals surface area contributed by atoms with Gasteiger partial charge < -0.3 is 5.32 Å². The van der Waals surface area contributed by atoms with Gasteiger partial charge in [0.2, 0.25) is 0 Å². The minimum Gasteiger partial charge on any atom is -0.342 e. The van der Waals surface area contributed by atoms with Crippen LogP contribution >= 0.6 is 0 Å². The van der Waals surface area contributed by atoms with Crippen molar-refractivity contribution in [3.63, 3.8) is 0 Å². The molecule has 2 fully saturated rings. The summed E-state index contributed by atoms with van der Waals surface area (Å²) in [5.74, 6) is 1.57. The first-order valence-electron chi connectivity index (χ1n) is 6.76. The lowest BCUT2D eigenvalue weighted by atomic mass is 9.89. The van der Waals surface area contributed by atoms with Crippen LogP contribution in [-0.4, -0.2) is 24.5 Å². The van der Waals surface area contributed by atoms with Crippen LogP contribution in [0.1, 0.15) is 51.9 Å². The van der Waals surface area contributed by atoms with Gasteiger partial charge in [-0.2, -0.15) is 0 Å². The predicted octanol–water partition coefficient (Wildman–Crippen LogP) is 1.81. The number of hydrogen-bond acceptors (Lipinski definition) is 2. The molecule has 2 atom stereocenters. The number of carbonyl (C=O) groups excluding carboxylic acids is 1. The molecule has 2 N–H and O–H groups in total. The van der Waals surface area contributed by atoms with Gasteiger partial charge in [-0.15, -0.1) is 0 Å². The van der Waals surface area contributed by atoms with Crippen molar-refractivity contribution in [1.82, 2.24) is 10.6 Å². The van der Waals surface area contributed by atoms with E-state index in [-0.39, 0.29) is 11.4 Å². The summed E-state index contributed by atoms with van der Waals surface area (Å²) in [6.07, 6.45) is 8.00. The number of aliphatic imine (C=N–C) groups is 1. The van der Waals surface area contributed by atoms with Crippen LogP contribution in [0, 0.1) is 5.92 Å². The maximum Gasteiger partial charge on any atom is 0.252 e. The number of guanidine groups is 1. The highest BCUT2D eigenvalue weighted by Gasteiger charge is 2.45. The molecule has 4 nitrogen and oxygen atoms in total. The quantitative estimate of drug-likeness (QED) is 0.769. The van der Waals surface area contributed by atoms with Gasteiger partial charge in [-0.3, -0.25) is 15.1 Å². The fourth-order valence-corrected chi connectivity index (χ4v) is 3.12. The van der Waals surface area contributed by atoms with Crippen LogP contribution in [0.5, 0.6) is 0 Å². The highest BCUT2D eigenvalue weighted by Crippen LogP contribution is 2.34. The second-order valence-corrected chi connectivity index (χ2v) is 5.32. The lowest BCUT2D eigenvalue weighted by Crippen LogP contribution is -2.46. The zero-order valence-electron chi connectivity index (χ0n) is 10.9. The number of hydrogen-bond donors (Lipinski definition) is 2. The zero-order chi connectivity index (χ0) is 12.3. The van der Waals surface area contributed by atoms with Crippen molar-refractivity contribution in [3.8, 4) is 0 Å². The maximum atomic E-state index is 12.1. The molecular weight excluding hydrogens is 214 g/mol. The first-order chi connectivity index (χ1) is 8.20. The number of amides is 1. The third-order valence-corrected chi connectivity index (χ3v) is 4.14. The smallest absolute Gasteiger partial charge is 0.252 e. The molecule has 0 bridgehead atoms. The third kappa shape index (κ3) is 2.45. The fourth-order valence-electron chi connectivity index (χ4n) is 3.12. The molecular formula is C13H23N3O. The molecule has 1 spiro atoms. The lowest BCUT2D eigenvalue weighted by molar-refractivity contribution is -0.124. The maximum absolute atomic E-state index is 12.1. The molecule has 2 unspecified atom stereocenters. The van der Waals surface area contributed by atoms with Gasteiger partial charge >= 0.3 is 0 Å². The molecule has 0 aromatic carbocycles. The minimum absolute atomic E-state index is 0.121. The first-order valence-corrected chi connectivity index (χ1v) is 6.76. The molecule has 1 amide bonds. The molecule has 1 saturated carbocycles. The molecule has 2 aliphatic rings. The summed E-state index contributed by atoms with van der Waals surface area (Å²) in [7, 11) is 1.71. The van der Waals surface area contributed by atoms with Crippen molar-refractivity contribution in [2.75, 3.05) is 7.05 Å².